The summed E-state index contributed by atoms with van der Waals surface area (Å²) in [6, 6.07) is 13.8. The molecule has 7 heteroatoms. The van der Waals surface area contributed by atoms with Crippen molar-refractivity contribution in [2.24, 2.45) is 0 Å². The molecule has 0 atom stereocenters. The van der Waals surface area contributed by atoms with Gasteiger partial charge in [0.05, 0.1) is 23.3 Å². The van der Waals surface area contributed by atoms with Gasteiger partial charge < -0.3 is 10.3 Å². The fourth-order valence-electron chi connectivity index (χ4n) is 2.66. The number of hydrogen-bond donors (Lipinski definition) is 2. The first-order valence-corrected chi connectivity index (χ1v) is 8.87. The number of fused-ring (bicyclic) bond motifs is 1. The van der Waals surface area contributed by atoms with Crippen molar-refractivity contribution < 1.29 is 9.18 Å². The van der Waals surface area contributed by atoms with Crippen molar-refractivity contribution >= 4 is 28.3 Å². The van der Waals surface area contributed by atoms with Crippen LogP contribution in [0.3, 0.4) is 0 Å². The predicted molar refractivity (Wildman–Crippen MR) is 99.5 cm³/mol. The fourth-order valence-corrected chi connectivity index (χ4v) is 3.64. The number of benzene rings is 2. The summed E-state index contributed by atoms with van der Waals surface area (Å²) in [6.45, 7) is 2.09. The van der Waals surface area contributed by atoms with Crippen molar-refractivity contribution in [3.8, 4) is 10.6 Å². The number of halogens is 1. The molecule has 0 spiro atoms. The Hall–Kier alpha value is -3.06. The number of nitrogens with zero attached hydrogens (tertiary/aromatic N) is 2. The lowest BCUT2D eigenvalue weighted by Crippen LogP contribution is -2.23. The maximum absolute atomic E-state index is 13.1. The van der Waals surface area contributed by atoms with Gasteiger partial charge in [-0.2, -0.15) is 0 Å². The first-order valence-electron chi connectivity index (χ1n) is 8.05. The van der Waals surface area contributed by atoms with E-state index < -0.39 is 0 Å². The number of amides is 1. The Kier molecular flexibility index (Phi) is 4.22. The van der Waals surface area contributed by atoms with Gasteiger partial charge >= 0.3 is 0 Å². The van der Waals surface area contributed by atoms with Crippen LogP contribution in [0.15, 0.2) is 48.5 Å². The molecule has 2 aromatic carbocycles. The fraction of sp³-hybridized carbons (Fsp3) is 0.105. The molecule has 26 heavy (non-hydrogen) atoms. The molecule has 4 aromatic rings. The molecule has 0 aliphatic carbocycles. The summed E-state index contributed by atoms with van der Waals surface area (Å²) in [4.78, 5) is 25.1. The highest BCUT2D eigenvalue weighted by molar-refractivity contribution is 7.17. The van der Waals surface area contributed by atoms with Crippen LogP contribution in [0.25, 0.3) is 21.6 Å². The quantitative estimate of drug-likeness (QED) is 0.572. The van der Waals surface area contributed by atoms with Crippen molar-refractivity contribution in [1.82, 2.24) is 20.3 Å². The number of hydrogen-bond acceptors (Lipinski definition) is 4. The van der Waals surface area contributed by atoms with Crippen molar-refractivity contribution in [2.45, 2.75) is 13.5 Å². The van der Waals surface area contributed by atoms with E-state index in [1.165, 1.54) is 23.5 Å². The SMILES string of the molecule is Cc1nc(-c2ccc(F)cc2)sc1C(=O)NCc1nc2ccccc2[nH]1. The summed E-state index contributed by atoms with van der Waals surface area (Å²) in [7, 11) is 0. The summed E-state index contributed by atoms with van der Waals surface area (Å²) in [5.74, 6) is 0.195. The second-order valence-electron chi connectivity index (χ2n) is 5.82. The van der Waals surface area contributed by atoms with Gasteiger partial charge in [-0.25, -0.2) is 14.4 Å². The van der Waals surface area contributed by atoms with Crippen LogP contribution in [-0.2, 0) is 6.54 Å². The zero-order chi connectivity index (χ0) is 18.1. The van der Waals surface area contributed by atoms with Crippen LogP contribution in [0.5, 0.6) is 0 Å². The summed E-state index contributed by atoms with van der Waals surface area (Å²) in [5.41, 5.74) is 3.24. The minimum absolute atomic E-state index is 0.200. The number of carbonyl (C=O) groups excluding carboxylic acids is 1. The molecule has 0 radical (unpaired) electrons. The smallest absolute Gasteiger partial charge is 0.263 e. The van der Waals surface area contributed by atoms with Crippen molar-refractivity contribution in [2.75, 3.05) is 0 Å². The molecule has 0 unspecified atom stereocenters. The molecule has 2 heterocycles. The summed E-state index contributed by atoms with van der Waals surface area (Å²) >= 11 is 1.29. The maximum Gasteiger partial charge on any atom is 0.263 e. The second kappa shape index (κ2) is 6.68. The Morgan fingerprint density at radius 2 is 1.92 bits per heavy atom. The molecule has 0 saturated carbocycles. The van der Waals surface area contributed by atoms with E-state index in [1.807, 2.05) is 24.3 Å². The van der Waals surface area contributed by atoms with Crippen LogP contribution >= 0.6 is 11.3 Å². The topological polar surface area (TPSA) is 70.7 Å². The Balaban J connectivity index is 1.50. The van der Waals surface area contributed by atoms with Gasteiger partial charge in [-0.3, -0.25) is 4.79 Å². The highest BCUT2D eigenvalue weighted by Gasteiger charge is 2.16. The second-order valence-corrected chi connectivity index (χ2v) is 6.82. The Morgan fingerprint density at radius 1 is 1.15 bits per heavy atom. The number of aryl methyl sites for hydroxylation is 1. The van der Waals surface area contributed by atoms with E-state index in [-0.39, 0.29) is 11.7 Å². The number of aromatic amines is 1. The van der Waals surface area contributed by atoms with Crippen molar-refractivity contribution in [1.29, 1.82) is 0 Å². The van der Waals surface area contributed by atoms with Gasteiger partial charge in [-0.1, -0.05) is 12.1 Å². The molecule has 1 amide bonds. The monoisotopic (exact) mass is 366 g/mol. The average Bonchev–Trinajstić information content (AvgIpc) is 3.23. The summed E-state index contributed by atoms with van der Waals surface area (Å²) in [6.07, 6.45) is 0. The predicted octanol–water partition coefficient (Wildman–Crippen LogP) is 4.06. The lowest BCUT2D eigenvalue weighted by atomic mass is 10.2. The lowest BCUT2D eigenvalue weighted by molar-refractivity contribution is 0.0953. The Morgan fingerprint density at radius 3 is 2.69 bits per heavy atom. The first-order chi connectivity index (χ1) is 12.6. The standard InChI is InChI=1S/C19H15FN4OS/c1-11-17(26-19(22-11)12-6-8-13(20)9-7-12)18(25)21-10-16-23-14-4-2-3-5-15(14)24-16/h2-9H,10H2,1H3,(H,21,25)(H,23,24). The zero-order valence-electron chi connectivity index (χ0n) is 13.9. The molecule has 5 nitrogen and oxygen atoms in total. The van der Waals surface area contributed by atoms with Gasteiger partial charge in [-0.15, -0.1) is 11.3 Å². The van der Waals surface area contributed by atoms with Gasteiger partial charge in [-0.05, 0) is 43.3 Å². The molecule has 4 rings (SSSR count). The highest BCUT2D eigenvalue weighted by atomic mass is 32.1. The van der Waals surface area contributed by atoms with Gasteiger partial charge in [0.15, 0.2) is 0 Å². The van der Waals surface area contributed by atoms with Crippen LogP contribution in [-0.4, -0.2) is 20.9 Å². The first kappa shape index (κ1) is 16.4. The van der Waals surface area contributed by atoms with E-state index in [0.29, 0.717) is 27.9 Å². The Bertz CT molecular complexity index is 1050. The van der Waals surface area contributed by atoms with E-state index >= 15 is 0 Å². The molecule has 0 aliphatic rings. The average molecular weight is 366 g/mol. The number of carbonyl (C=O) groups is 1. The van der Waals surface area contributed by atoms with Crippen LogP contribution in [0.2, 0.25) is 0 Å². The van der Waals surface area contributed by atoms with Crippen LogP contribution < -0.4 is 5.32 Å². The lowest BCUT2D eigenvalue weighted by Gasteiger charge is -2.01. The van der Waals surface area contributed by atoms with Gasteiger partial charge in [0.25, 0.3) is 5.91 Å². The van der Waals surface area contributed by atoms with Crippen LogP contribution in [0.1, 0.15) is 21.2 Å². The minimum atomic E-state index is -0.300. The van der Waals surface area contributed by atoms with Crippen molar-refractivity contribution in [3.63, 3.8) is 0 Å². The number of rotatable bonds is 4. The third-order valence-corrected chi connectivity index (χ3v) is 5.15. The summed E-state index contributed by atoms with van der Waals surface area (Å²) < 4.78 is 13.1. The largest absolute Gasteiger partial charge is 0.344 e. The minimum Gasteiger partial charge on any atom is -0.344 e. The number of aromatic nitrogens is 3. The van der Waals surface area contributed by atoms with Crippen LogP contribution in [0.4, 0.5) is 4.39 Å². The number of thiazole rings is 1. The maximum atomic E-state index is 13.1. The van der Waals surface area contributed by atoms with E-state index in [0.717, 1.165) is 16.6 Å². The number of nitrogens with one attached hydrogen (secondary N) is 2. The van der Waals surface area contributed by atoms with E-state index in [1.54, 1.807) is 19.1 Å². The molecule has 0 saturated heterocycles. The third-order valence-electron chi connectivity index (χ3n) is 3.95. The molecular formula is C19H15FN4OS. The van der Waals surface area contributed by atoms with E-state index in [4.69, 9.17) is 0 Å². The molecule has 2 aromatic heterocycles. The number of para-hydroxylation sites is 2. The highest BCUT2D eigenvalue weighted by Crippen LogP contribution is 2.28. The molecule has 130 valence electrons. The zero-order valence-corrected chi connectivity index (χ0v) is 14.7. The van der Waals surface area contributed by atoms with Gasteiger partial charge in [0, 0.05) is 5.56 Å². The normalized spacial score (nSPS) is 11.0. The summed E-state index contributed by atoms with van der Waals surface area (Å²) in [5, 5.41) is 3.56. The molecule has 0 bridgehead atoms. The molecule has 0 fully saturated rings. The third kappa shape index (κ3) is 3.21. The van der Waals surface area contributed by atoms with E-state index in [2.05, 4.69) is 20.3 Å². The molecular weight excluding hydrogens is 351 g/mol. The van der Waals surface area contributed by atoms with E-state index in [9.17, 15) is 9.18 Å². The van der Waals surface area contributed by atoms with Crippen molar-refractivity contribution in [3.05, 3.63) is 70.7 Å². The van der Waals surface area contributed by atoms with Gasteiger partial charge in [0.1, 0.15) is 21.5 Å². The molecule has 0 aliphatic heterocycles. The number of H-pyrrole nitrogens is 1. The Labute approximate surface area is 152 Å². The molecule has 2 N–H and O–H groups in total. The van der Waals surface area contributed by atoms with Crippen LogP contribution in [0, 0.1) is 12.7 Å². The van der Waals surface area contributed by atoms with Gasteiger partial charge in [0.2, 0.25) is 0 Å². The number of imidazole rings is 1.